The zero-order valence-electron chi connectivity index (χ0n) is 19.0. The van der Waals surface area contributed by atoms with E-state index < -0.39 is 5.91 Å². The van der Waals surface area contributed by atoms with Crippen LogP contribution in [-0.4, -0.2) is 24.2 Å². The minimum Gasteiger partial charge on any atom is -0.494 e. The molecule has 0 atom stereocenters. The third-order valence-electron chi connectivity index (χ3n) is 5.59. The number of benzene rings is 3. The molecule has 3 aromatic rings. The number of unbranched alkanes of at least 4 members (excludes halogenated alkanes) is 1. The molecule has 0 fully saturated rings. The van der Waals surface area contributed by atoms with E-state index in [-0.39, 0.29) is 17.5 Å². The molecule has 1 aliphatic heterocycles. The topological polar surface area (TPSA) is 72.5 Å². The molecule has 1 aliphatic rings. The lowest BCUT2D eigenvalue weighted by molar-refractivity contribution is -0.123. The zero-order chi connectivity index (χ0) is 24.6. The monoisotopic (exact) mass is 469 g/mol. The molecule has 0 spiro atoms. The number of hydrogen-bond acceptors (Lipinski definition) is 4. The molecule has 176 valence electrons. The molecule has 0 radical (unpaired) electrons. The molecule has 0 aromatic heterocycles. The first-order valence-electron chi connectivity index (χ1n) is 11.3. The summed E-state index contributed by atoms with van der Waals surface area (Å²) < 4.78 is 18.7. The van der Waals surface area contributed by atoms with Crippen LogP contribution >= 0.6 is 0 Å². The van der Waals surface area contributed by atoms with E-state index in [2.05, 4.69) is 5.32 Å². The maximum Gasteiger partial charge on any atom is 0.258 e. The van der Waals surface area contributed by atoms with E-state index in [1.54, 1.807) is 30.3 Å². The van der Waals surface area contributed by atoms with Gasteiger partial charge in [0.05, 0.1) is 12.2 Å². The number of carbonyl (C=O) groups excluding carboxylic acids is 3. The summed E-state index contributed by atoms with van der Waals surface area (Å²) in [5.74, 6) is -0.597. The predicted molar refractivity (Wildman–Crippen MR) is 132 cm³/mol. The van der Waals surface area contributed by atoms with Gasteiger partial charge in [0.25, 0.3) is 11.8 Å². The highest BCUT2D eigenvalue weighted by Crippen LogP contribution is 2.21. The summed E-state index contributed by atoms with van der Waals surface area (Å²) in [6, 6.07) is 20.6. The fourth-order valence-corrected chi connectivity index (χ4v) is 3.66. The fourth-order valence-electron chi connectivity index (χ4n) is 3.66. The van der Waals surface area contributed by atoms with E-state index in [9.17, 15) is 18.8 Å². The Morgan fingerprint density at radius 1 is 0.886 bits per heavy atom. The van der Waals surface area contributed by atoms with Crippen LogP contribution in [0.4, 0.5) is 4.39 Å². The molecule has 0 aliphatic carbocycles. The van der Waals surface area contributed by atoms with Gasteiger partial charge in [0.2, 0.25) is 0 Å². The third kappa shape index (κ3) is 6.60. The Labute approximate surface area is 202 Å². The standard InChI is InChI=1S/C29H24FNO4/c30-24-13-9-23(10-14-24)27(32)17-8-21-6-4-20(5-7-21)3-1-2-18-35-25-15-11-22(12-16-25)26-19-28(33)31-29(26)34/h4-17,19H,1-3,18H2,(H,31,33,34). The molecular weight excluding hydrogens is 445 g/mol. The first-order chi connectivity index (χ1) is 17.0. The lowest BCUT2D eigenvalue weighted by atomic mass is 10.0. The second-order valence-electron chi connectivity index (χ2n) is 8.15. The summed E-state index contributed by atoms with van der Waals surface area (Å²) in [5, 5.41) is 2.23. The molecule has 4 rings (SSSR count). The molecule has 0 saturated carbocycles. The van der Waals surface area contributed by atoms with Crippen LogP contribution < -0.4 is 10.1 Å². The number of imide groups is 1. The summed E-state index contributed by atoms with van der Waals surface area (Å²) in [6.07, 6.45) is 7.31. The highest BCUT2D eigenvalue weighted by Gasteiger charge is 2.21. The van der Waals surface area contributed by atoms with Crippen molar-refractivity contribution in [2.45, 2.75) is 19.3 Å². The van der Waals surface area contributed by atoms with Crippen molar-refractivity contribution in [3.63, 3.8) is 0 Å². The maximum absolute atomic E-state index is 13.0. The van der Waals surface area contributed by atoms with Crippen molar-refractivity contribution in [2.75, 3.05) is 6.61 Å². The van der Waals surface area contributed by atoms with Gasteiger partial charge in [0.15, 0.2) is 5.78 Å². The Bertz CT molecular complexity index is 1270. The van der Waals surface area contributed by atoms with Gasteiger partial charge in [0.1, 0.15) is 11.6 Å². The Hall–Kier alpha value is -4.32. The van der Waals surface area contributed by atoms with Crippen LogP contribution in [0.25, 0.3) is 11.6 Å². The van der Waals surface area contributed by atoms with Crippen molar-refractivity contribution in [2.24, 2.45) is 0 Å². The van der Waals surface area contributed by atoms with Crippen LogP contribution in [-0.2, 0) is 16.0 Å². The van der Waals surface area contributed by atoms with Crippen LogP contribution in [0, 0.1) is 5.82 Å². The van der Waals surface area contributed by atoms with Crippen molar-refractivity contribution < 1.29 is 23.5 Å². The quantitative estimate of drug-likeness (QED) is 0.193. The van der Waals surface area contributed by atoms with Crippen LogP contribution in [0.5, 0.6) is 5.75 Å². The van der Waals surface area contributed by atoms with Gasteiger partial charge < -0.3 is 4.74 Å². The second kappa shape index (κ2) is 11.2. The molecular formula is C29H24FNO4. The molecule has 1 N–H and O–H groups in total. The maximum atomic E-state index is 13.0. The summed E-state index contributed by atoms with van der Waals surface area (Å²) in [6.45, 7) is 0.577. The van der Waals surface area contributed by atoms with Gasteiger partial charge in [-0.15, -0.1) is 0 Å². The van der Waals surface area contributed by atoms with E-state index in [1.165, 1.54) is 42.0 Å². The van der Waals surface area contributed by atoms with Gasteiger partial charge >= 0.3 is 0 Å². The van der Waals surface area contributed by atoms with Gasteiger partial charge in [-0.3, -0.25) is 19.7 Å². The highest BCUT2D eigenvalue weighted by atomic mass is 19.1. The number of aryl methyl sites for hydroxylation is 1. The number of ether oxygens (including phenoxy) is 1. The van der Waals surface area contributed by atoms with Crippen LogP contribution in [0.2, 0.25) is 0 Å². The average Bonchev–Trinajstić information content (AvgIpc) is 3.21. The van der Waals surface area contributed by atoms with E-state index in [0.29, 0.717) is 29.1 Å². The largest absolute Gasteiger partial charge is 0.494 e. The van der Waals surface area contributed by atoms with Crippen molar-refractivity contribution in [3.8, 4) is 5.75 Å². The lowest BCUT2D eigenvalue weighted by Gasteiger charge is -2.08. The number of nitrogens with one attached hydrogen (secondary N) is 1. The van der Waals surface area contributed by atoms with E-state index in [4.69, 9.17) is 4.74 Å². The normalized spacial score (nSPS) is 13.1. The Morgan fingerprint density at radius 3 is 2.26 bits per heavy atom. The summed E-state index contributed by atoms with van der Waals surface area (Å²) >= 11 is 0. The number of halogens is 1. The van der Waals surface area contributed by atoms with Crippen molar-refractivity contribution >= 4 is 29.2 Å². The molecule has 35 heavy (non-hydrogen) atoms. The zero-order valence-corrected chi connectivity index (χ0v) is 19.0. The lowest BCUT2D eigenvalue weighted by Crippen LogP contribution is -2.21. The number of amides is 2. The predicted octanol–water partition coefficient (Wildman–Crippen LogP) is 5.16. The smallest absolute Gasteiger partial charge is 0.258 e. The number of carbonyl (C=O) groups is 3. The van der Waals surface area contributed by atoms with Gasteiger partial charge in [-0.1, -0.05) is 42.5 Å². The SMILES string of the molecule is O=C1C=C(c2ccc(OCCCCc3ccc(C=CC(=O)c4ccc(F)cc4)cc3)cc2)C(=O)N1. The van der Waals surface area contributed by atoms with Crippen LogP contribution in [0.15, 0.2) is 84.9 Å². The number of hydrogen-bond donors (Lipinski definition) is 1. The Morgan fingerprint density at radius 2 is 1.60 bits per heavy atom. The van der Waals surface area contributed by atoms with Crippen LogP contribution in [0.3, 0.4) is 0 Å². The average molecular weight is 470 g/mol. The number of ketones is 1. The van der Waals surface area contributed by atoms with E-state index in [0.717, 1.165) is 24.8 Å². The number of allylic oxidation sites excluding steroid dienone is 1. The second-order valence-corrected chi connectivity index (χ2v) is 8.15. The molecule has 0 unspecified atom stereocenters. The van der Waals surface area contributed by atoms with Crippen molar-refractivity contribution in [1.29, 1.82) is 0 Å². The summed E-state index contributed by atoms with van der Waals surface area (Å²) in [7, 11) is 0. The highest BCUT2D eigenvalue weighted by molar-refractivity contribution is 6.33. The van der Waals surface area contributed by atoms with E-state index >= 15 is 0 Å². The fraction of sp³-hybridized carbons (Fsp3) is 0.138. The van der Waals surface area contributed by atoms with Crippen molar-refractivity contribution in [3.05, 3.63) is 113 Å². The molecule has 5 nitrogen and oxygen atoms in total. The first kappa shape index (κ1) is 23.8. The molecule has 1 heterocycles. The minimum absolute atomic E-state index is 0.167. The Kier molecular flexibility index (Phi) is 7.63. The summed E-state index contributed by atoms with van der Waals surface area (Å²) in [5.41, 5.74) is 3.62. The van der Waals surface area contributed by atoms with Crippen molar-refractivity contribution in [1.82, 2.24) is 5.32 Å². The van der Waals surface area contributed by atoms with Crippen LogP contribution in [0.1, 0.15) is 39.9 Å². The molecule has 6 heteroatoms. The van der Waals surface area contributed by atoms with Gasteiger partial charge in [0, 0.05) is 11.6 Å². The molecule has 0 bridgehead atoms. The Balaban J connectivity index is 1.18. The molecule has 0 saturated heterocycles. The summed E-state index contributed by atoms with van der Waals surface area (Å²) in [4.78, 5) is 35.1. The van der Waals surface area contributed by atoms with E-state index in [1.807, 2.05) is 24.3 Å². The number of rotatable bonds is 10. The molecule has 2 amide bonds. The third-order valence-corrected chi connectivity index (χ3v) is 5.59. The van der Waals surface area contributed by atoms with Gasteiger partial charge in [-0.25, -0.2) is 4.39 Å². The van der Waals surface area contributed by atoms with Gasteiger partial charge in [-0.2, -0.15) is 0 Å². The first-order valence-corrected chi connectivity index (χ1v) is 11.3. The van der Waals surface area contributed by atoms with Gasteiger partial charge in [-0.05, 0) is 78.4 Å². The molecule has 3 aromatic carbocycles. The minimum atomic E-state index is -0.395.